The summed E-state index contributed by atoms with van der Waals surface area (Å²) < 4.78 is 42.9. The number of likely N-dealkylation sites (tertiary alicyclic amines) is 1. The zero-order chi connectivity index (χ0) is 15.4. The second kappa shape index (κ2) is 5.27. The number of hydrogen-bond donors (Lipinski definition) is 3. The molecule has 0 amide bonds. The molecule has 2 saturated heterocycles. The van der Waals surface area contributed by atoms with E-state index in [9.17, 15) is 28.5 Å². The summed E-state index contributed by atoms with van der Waals surface area (Å²) in [5.74, 6) is 0. The Balaban J connectivity index is 1.74. The van der Waals surface area contributed by atoms with Gasteiger partial charge in [0.25, 0.3) is 0 Å². The number of aliphatic hydroxyl groups excluding tert-OH is 3. The number of nitrogens with zero attached hydrogens (tertiary/aromatic N) is 2. The summed E-state index contributed by atoms with van der Waals surface area (Å²) in [5, 5.41) is 29.6. The molecule has 21 heavy (non-hydrogen) atoms. The summed E-state index contributed by atoms with van der Waals surface area (Å²) in [6, 6.07) is -0.822. The Morgan fingerprint density at radius 3 is 2.48 bits per heavy atom. The van der Waals surface area contributed by atoms with E-state index in [-0.39, 0.29) is 0 Å². The second-order valence-corrected chi connectivity index (χ2v) is 6.36. The number of rotatable bonds is 1. The lowest BCUT2D eigenvalue weighted by atomic mass is 9.94. The van der Waals surface area contributed by atoms with Gasteiger partial charge in [0.05, 0.1) is 0 Å². The summed E-state index contributed by atoms with van der Waals surface area (Å²) in [5.41, 5.74) is -0.832. The monoisotopic (exact) mass is 328 g/mol. The van der Waals surface area contributed by atoms with Crippen molar-refractivity contribution in [3.05, 3.63) is 0 Å². The standard InChI is InChI=1S/C11H15F3N2O4S/c12-11(13,14)8(19)7-6(18)5(17)4-9(20-7)21-10(15-4)16-2-1-3-16/h4-9,17-19H,1-3H2. The zero-order valence-electron chi connectivity index (χ0n) is 10.8. The Bertz CT molecular complexity index is 446. The van der Waals surface area contributed by atoms with Crippen LogP contribution in [0.4, 0.5) is 13.2 Å². The molecule has 0 radical (unpaired) electrons. The minimum Gasteiger partial charge on any atom is -0.388 e. The molecule has 6 unspecified atom stereocenters. The van der Waals surface area contributed by atoms with Crippen molar-refractivity contribution >= 4 is 16.9 Å². The molecule has 0 aliphatic carbocycles. The topological polar surface area (TPSA) is 85.5 Å². The van der Waals surface area contributed by atoms with Crippen LogP contribution < -0.4 is 0 Å². The van der Waals surface area contributed by atoms with Gasteiger partial charge in [-0.3, -0.25) is 4.99 Å². The van der Waals surface area contributed by atoms with Gasteiger partial charge >= 0.3 is 6.18 Å². The normalized spacial score (nSPS) is 41.3. The maximum absolute atomic E-state index is 12.6. The Kier molecular flexibility index (Phi) is 3.85. The van der Waals surface area contributed by atoms with Gasteiger partial charge in [0.2, 0.25) is 0 Å². The van der Waals surface area contributed by atoms with E-state index in [0.717, 1.165) is 31.3 Å². The first-order chi connectivity index (χ1) is 9.79. The van der Waals surface area contributed by atoms with Crippen LogP contribution in [-0.2, 0) is 4.74 Å². The van der Waals surface area contributed by atoms with Gasteiger partial charge in [-0.05, 0) is 6.42 Å². The van der Waals surface area contributed by atoms with Gasteiger partial charge in [0, 0.05) is 13.1 Å². The number of aliphatic hydroxyl groups is 3. The highest BCUT2D eigenvalue weighted by atomic mass is 32.2. The second-order valence-electron chi connectivity index (χ2n) is 5.30. The molecule has 10 heteroatoms. The largest absolute Gasteiger partial charge is 0.417 e. The average molecular weight is 328 g/mol. The van der Waals surface area contributed by atoms with Crippen molar-refractivity contribution in [2.45, 2.75) is 48.5 Å². The van der Waals surface area contributed by atoms with E-state index >= 15 is 0 Å². The molecule has 0 spiro atoms. The van der Waals surface area contributed by atoms with Gasteiger partial charge < -0.3 is 25.0 Å². The third kappa shape index (κ3) is 2.63. The number of ether oxygens (including phenoxy) is 1. The third-order valence-electron chi connectivity index (χ3n) is 3.86. The summed E-state index contributed by atoms with van der Waals surface area (Å²) in [4.78, 5) is 6.16. The van der Waals surface area contributed by atoms with Crippen molar-refractivity contribution in [1.82, 2.24) is 4.90 Å². The van der Waals surface area contributed by atoms with Gasteiger partial charge in [-0.15, -0.1) is 0 Å². The van der Waals surface area contributed by atoms with Crippen molar-refractivity contribution < 1.29 is 33.2 Å². The molecule has 3 N–H and O–H groups in total. The number of aliphatic imine (C=N–C) groups is 1. The smallest absolute Gasteiger partial charge is 0.388 e. The lowest BCUT2D eigenvalue weighted by Crippen LogP contribution is -2.60. The van der Waals surface area contributed by atoms with Gasteiger partial charge in [0.15, 0.2) is 11.3 Å². The summed E-state index contributed by atoms with van der Waals surface area (Å²) >= 11 is 1.12. The molecular weight excluding hydrogens is 313 g/mol. The minimum atomic E-state index is -4.93. The molecule has 6 nitrogen and oxygen atoms in total. The maximum Gasteiger partial charge on any atom is 0.417 e. The summed E-state index contributed by atoms with van der Waals surface area (Å²) in [6.45, 7) is 1.61. The van der Waals surface area contributed by atoms with Gasteiger partial charge in [0.1, 0.15) is 29.8 Å². The van der Waals surface area contributed by atoms with E-state index in [2.05, 4.69) is 4.99 Å². The van der Waals surface area contributed by atoms with Crippen LogP contribution >= 0.6 is 11.8 Å². The summed E-state index contributed by atoms with van der Waals surface area (Å²) in [6.07, 6.45) is -12.0. The Hall–Kier alpha value is -0.550. The van der Waals surface area contributed by atoms with Crippen LogP contribution in [0.1, 0.15) is 6.42 Å². The molecule has 120 valence electrons. The molecule has 2 fully saturated rings. The Labute approximate surface area is 122 Å². The number of hydrogen-bond acceptors (Lipinski definition) is 7. The number of thioether (sulfide) groups is 1. The van der Waals surface area contributed by atoms with Crippen LogP contribution in [0.15, 0.2) is 4.99 Å². The fourth-order valence-corrected chi connectivity index (χ4v) is 3.75. The van der Waals surface area contributed by atoms with Crippen LogP contribution in [0.3, 0.4) is 0 Å². The molecular formula is C11H15F3N2O4S. The quantitative estimate of drug-likeness (QED) is 0.604. The zero-order valence-corrected chi connectivity index (χ0v) is 11.6. The van der Waals surface area contributed by atoms with Gasteiger partial charge in [-0.25, -0.2) is 0 Å². The van der Waals surface area contributed by atoms with Crippen LogP contribution in [-0.4, -0.2) is 80.5 Å². The maximum atomic E-state index is 12.6. The van der Waals surface area contributed by atoms with Crippen molar-refractivity contribution in [3.8, 4) is 0 Å². The molecule has 3 rings (SSSR count). The average Bonchev–Trinajstić information content (AvgIpc) is 2.73. The van der Waals surface area contributed by atoms with E-state index in [1.165, 1.54) is 0 Å². The Morgan fingerprint density at radius 2 is 1.95 bits per heavy atom. The summed E-state index contributed by atoms with van der Waals surface area (Å²) in [7, 11) is 0. The first-order valence-corrected chi connectivity index (χ1v) is 7.43. The van der Waals surface area contributed by atoms with Crippen molar-refractivity contribution in [2.24, 2.45) is 4.99 Å². The highest BCUT2D eigenvalue weighted by molar-refractivity contribution is 8.14. The third-order valence-corrected chi connectivity index (χ3v) is 5.06. The predicted octanol–water partition coefficient (Wildman–Crippen LogP) is -0.467. The molecule has 0 aromatic rings. The predicted molar refractivity (Wildman–Crippen MR) is 67.7 cm³/mol. The van der Waals surface area contributed by atoms with Crippen LogP contribution in [0.25, 0.3) is 0 Å². The number of alkyl halides is 3. The fourth-order valence-electron chi connectivity index (χ4n) is 2.48. The molecule has 0 aromatic heterocycles. The van der Waals surface area contributed by atoms with E-state index in [4.69, 9.17) is 4.74 Å². The first kappa shape index (κ1) is 15.3. The molecule has 0 saturated carbocycles. The first-order valence-electron chi connectivity index (χ1n) is 6.55. The molecule has 3 aliphatic rings. The van der Waals surface area contributed by atoms with Crippen molar-refractivity contribution in [3.63, 3.8) is 0 Å². The number of fused-ring (bicyclic) bond motifs is 1. The lowest BCUT2D eigenvalue weighted by molar-refractivity contribution is -0.271. The van der Waals surface area contributed by atoms with Crippen LogP contribution in [0, 0.1) is 0 Å². The van der Waals surface area contributed by atoms with Crippen molar-refractivity contribution in [1.29, 1.82) is 0 Å². The molecule has 0 bridgehead atoms. The molecule has 6 atom stereocenters. The van der Waals surface area contributed by atoms with Crippen LogP contribution in [0.2, 0.25) is 0 Å². The minimum absolute atomic E-state index is 0.602. The highest BCUT2D eigenvalue weighted by Gasteiger charge is 2.56. The number of amidine groups is 1. The van der Waals surface area contributed by atoms with Crippen LogP contribution in [0.5, 0.6) is 0 Å². The van der Waals surface area contributed by atoms with E-state index < -0.39 is 42.1 Å². The fraction of sp³-hybridized carbons (Fsp3) is 0.909. The molecule has 3 aliphatic heterocycles. The lowest BCUT2D eigenvalue weighted by Gasteiger charge is -2.40. The molecule has 3 heterocycles. The SMILES string of the molecule is OC1C(O)C(C(O)C(F)(F)F)OC2SC(N3CCC3)=NC21. The number of halogens is 3. The molecule has 0 aromatic carbocycles. The van der Waals surface area contributed by atoms with E-state index in [0.29, 0.717) is 5.17 Å². The Morgan fingerprint density at radius 1 is 1.29 bits per heavy atom. The van der Waals surface area contributed by atoms with E-state index in [1.54, 1.807) is 0 Å². The van der Waals surface area contributed by atoms with Crippen molar-refractivity contribution in [2.75, 3.05) is 13.1 Å². The van der Waals surface area contributed by atoms with E-state index in [1.807, 2.05) is 4.90 Å². The van der Waals surface area contributed by atoms with Gasteiger partial charge in [-0.2, -0.15) is 13.2 Å². The highest BCUT2D eigenvalue weighted by Crippen LogP contribution is 2.40. The van der Waals surface area contributed by atoms with Gasteiger partial charge in [-0.1, -0.05) is 11.8 Å².